The molecule has 0 aliphatic carbocycles. The van der Waals surface area contributed by atoms with E-state index in [0.29, 0.717) is 16.5 Å². The number of methoxy groups -OCH3 is 1. The summed E-state index contributed by atoms with van der Waals surface area (Å²) < 4.78 is 5.23. The molecule has 0 fully saturated rings. The third-order valence-corrected chi connectivity index (χ3v) is 4.42. The molecule has 1 heterocycles. The Morgan fingerprint density at radius 1 is 1.33 bits per heavy atom. The Kier molecular flexibility index (Phi) is 5.04. The summed E-state index contributed by atoms with van der Waals surface area (Å²) in [5, 5.41) is 5.41. The van der Waals surface area contributed by atoms with Gasteiger partial charge in [-0.05, 0) is 48.6 Å². The van der Waals surface area contributed by atoms with Gasteiger partial charge in [-0.15, -0.1) is 11.3 Å². The number of thiophene rings is 1. The molecule has 21 heavy (non-hydrogen) atoms. The van der Waals surface area contributed by atoms with Crippen LogP contribution in [0.25, 0.3) is 6.08 Å². The van der Waals surface area contributed by atoms with E-state index in [1.807, 2.05) is 31.4 Å². The molecule has 0 aliphatic heterocycles. The van der Waals surface area contributed by atoms with E-state index in [-0.39, 0.29) is 5.91 Å². The molecule has 0 radical (unpaired) electrons. The van der Waals surface area contributed by atoms with Crippen LogP contribution >= 0.6 is 22.9 Å². The summed E-state index contributed by atoms with van der Waals surface area (Å²) in [5.74, 6) is 0.336. The molecule has 2 aromatic rings. The molecule has 0 bridgehead atoms. The third kappa shape index (κ3) is 3.86. The molecule has 1 N–H and O–H groups in total. The first-order chi connectivity index (χ1) is 10.0. The van der Waals surface area contributed by atoms with Crippen molar-refractivity contribution in [2.24, 2.45) is 0 Å². The topological polar surface area (TPSA) is 38.3 Å². The van der Waals surface area contributed by atoms with Crippen LogP contribution in [0.5, 0.6) is 5.75 Å². The number of rotatable bonds is 4. The van der Waals surface area contributed by atoms with E-state index in [1.165, 1.54) is 6.08 Å². The van der Waals surface area contributed by atoms with Crippen molar-refractivity contribution in [3.8, 4) is 5.75 Å². The zero-order chi connectivity index (χ0) is 15.4. The van der Waals surface area contributed by atoms with Crippen molar-refractivity contribution in [1.29, 1.82) is 0 Å². The molecular weight excluding hydrogens is 306 g/mol. The fourth-order valence-electron chi connectivity index (χ4n) is 1.81. The van der Waals surface area contributed by atoms with Crippen molar-refractivity contribution in [2.75, 3.05) is 12.4 Å². The number of carbonyl (C=O) groups is 1. The maximum Gasteiger partial charge on any atom is 0.248 e. The minimum Gasteiger partial charge on any atom is -0.495 e. The van der Waals surface area contributed by atoms with Gasteiger partial charge in [-0.1, -0.05) is 11.6 Å². The summed E-state index contributed by atoms with van der Waals surface area (Å²) in [6.07, 6.45) is 3.33. The van der Waals surface area contributed by atoms with Crippen LogP contribution in [0.2, 0.25) is 5.02 Å². The van der Waals surface area contributed by atoms with Crippen LogP contribution in [0.1, 0.15) is 16.0 Å². The third-order valence-electron chi connectivity index (χ3n) is 3.03. The molecule has 5 heteroatoms. The van der Waals surface area contributed by atoms with Crippen LogP contribution in [-0.4, -0.2) is 13.0 Å². The quantitative estimate of drug-likeness (QED) is 0.830. The Labute approximate surface area is 133 Å². The van der Waals surface area contributed by atoms with Gasteiger partial charge in [0, 0.05) is 22.0 Å². The zero-order valence-corrected chi connectivity index (χ0v) is 13.6. The molecule has 0 saturated carbocycles. The van der Waals surface area contributed by atoms with Crippen molar-refractivity contribution in [1.82, 2.24) is 0 Å². The van der Waals surface area contributed by atoms with Gasteiger partial charge < -0.3 is 10.1 Å². The highest BCUT2D eigenvalue weighted by Gasteiger charge is 2.09. The maximum atomic E-state index is 12.0. The predicted octanol–water partition coefficient (Wildman–Crippen LogP) is 4.68. The van der Waals surface area contributed by atoms with Gasteiger partial charge in [-0.2, -0.15) is 0 Å². The molecular formula is C16H16ClNO2S. The molecule has 0 saturated heterocycles. The first kappa shape index (κ1) is 15.6. The Morgan fingerprint density at radius 2 is 2.10 bits per heavy atom. The lowest BCUT2D eigenvalue weighted by Gasteiger charge is -2.11. The van der Waals surface area contributed by atoms with E-state index in [9.17, 15) is 4.79 Å². The first-order valence-corrected chi connectivity index (χ1v) is 7.64. The molecule has 0 atom stereocenters. The number of halogens is 1. The van der Waals surface area contributed by atoms with Crippen LogP contribution in [-0.2, 0) is 4.79 Å². The smallest absolute Gasteiger partial charge is 0.248 e. The van der Waals surface area contributed by atoms with Crippen molar-refractivity contribution in [3.05, 3.63) is 50.7 Å². The summed E-state index contributed by atoms with van der Waals surface area (Å²) in [4.78, 5) is 13.1. The SMILES string of the molecule is COc1cc(Cl)c(C)cc1NC(=O)/C=C/c1sccc1C. The average Bonchev–Trinajstić information content (AvgIpc) is 2.86. The fourth-order valence-corrected chi connectivity index (χ4v) is 2.78. The standard InChI is InChI=1S/C16H16ClNO2S/c1-10-6-7-21-15(10)4-5-16(19)18-13-8-11(2)12(17)9-14(13)20-3/h4-9H,1-3H3,(H,18,19)/b5-4+. The van der Waals surface area contributed by atoms with Crippen molar-refractivity contribution < 1.29 is 9.53 Å². The lowest BCUT2D eigenvalue weighted by atomic mass is 10.2. The highest BCUT2D eigenvalue weighted by Crippen LogP contribution is 2.31. The summed E-state index contributed by atoms with van der Waals surface area (Å²) in [7, 11) is 1.54. The van der Waals surface area contributed by atoms with E-state index < -0.39 is 0 Å². The number of aryl methyl sites for hydroxylation is 2. The highest BCUT2D eigenvalue weighted by molar-refractivity contribution is 7.11. The van der Waals surface area contributed by atoms with Gasteiger partial charge in [0.2, 0.25) is 5.91 Å². The zero-order valence-electron chi connectivity index (χ0n) is 12.1. The van der Waals surface area contributed by atoms with Gasteiger partial charge in [0.05, 0.1) is 12.8 Å². The molecule has 1 aromatic heterocycles. The molecule has 3 nitrogen and oxygen atoms in total. The number of anilines is 1. The van der Waals surface area contributed by atoms with Crippen LogP contribution in [0.15, 0.2) is 29.7 Å². The van der Waals surface area contributed by atoms with Gasteiger partial charge >= 0.3 is 0 Å². The van der Waals surface area contributed by atoms with Crippen LogP contribution < -0.4 is 10.1 Å². The minimum atomic E-state index is -0.206. The van der Waals surface area contributed by atoms with Gasteiger partial charge in [0.15, 0.2) is 0 Å². The Hall–Kier alpha value is -1.78. The number of nitrogens with one attached hydrogen (secondary N) is 1. The summed E-state index contributed by atoms with van der Waals surface area (Å²) in [6, 6.07) is 5.51. The second-order valence-electron chi connectivity index (χ2n) is 4.59. The number of hydrogen-bond acceptors (Lipinski definition) is 3. The lowest BCUT2D eigenvalue weighted by molar-refractivity contribution is -0.111. The second-order valence-corrected chi connectivity index (χ2v) is 5.95. The van der Waals surface area contributed by atoms with E-state index >= 15 is 0 Å². The number of hydrogen-bond donors (Lipinski definition) is 1. The molecule has 110 valence electrons. The average molecular weight is 322 g/mol. The second kappa shape index (κ2) is 6.78. The summed E-state index contributed by atoms with van der Waals surface area (Å²) >= 11 is 7.64. The monoisotopic (exact) mass is 321 g/mol. The number of benzene rings is 1. The summed E-state index contributed by atoms with van der Waals surface area (Å²) in [5.41, 5.74) is 2.65. The van der Waals surface area contributed by atoms with E-state index in [1.54, 1.807) is 30.6 Å². The number of ether oxygens (including phenoxy) is 1. The molecule has 1 aromatic carbocycles. The first-order valence-electron chi connectivity index (χ1n) is 6.38. The van der Waals surface area contributed by atoms with Crippen LogP contribution in [0.4, 0.5) is 5.69 Å². The Morgan fingerprint density at radius 3 is 2.71 bits per heavy atom. The number of carbonyl (C=O) groups excluding carboxylic acids is 1. The molecule has 0 spiro atoms. The van der Waals surface area contributed by atoms with Crippen molar-refractivity contribution in [3.63, 3.8) is 0 Å². The predicted molar refractivity (Wildman–Crippen MR) is 89.5 cm³/mol. The largest absolute Gasteiger partial charge is 0.495 e. The van der Waals surface area contributed by atoms with E-state index in [0.717, 1.165) is 16.0 Å². The lowest BCUT2D eigenvalue weighted by Crippen LogP contribution is -2.09. The van der Waals surface area contributed by atoms with E-state index in [4.69, 9.17) is 16.3 Å². The van der Waals surface area contributed by atoms with Gasteiger partial charge in [-0.3, -0.25) is 4.79 Å². The van der Waals surface area contributed by atoms with Gasteiger partial charge in [0.1, 0.15) is 5.75 Å². The molecule has 0 aliphatic rings. The van der Waals surface area contributed by atoms with Crippen molar-refractivity contribution >= 4 is 40.6 Å². The van der Waals surface area contributed by atoms with Crippen molar-refractivity contribution in [2.45, 2.75) is 13.8 Å². The van der Waals surface area contributed by atoms with Gasteiger partial charge in [0.25, 0.3) is 0 Å². The Bertz CT molecular complexity index is 692. The fraction of sp³-hybridized carbons (Fsp3) is 0.188. The van der Waals surface area contributed by atoms with Crippen LogP contribution in [0, 0.1) is 13.8 Å². The van der Waals surface area contributed by atoms with Gasteiger partial charge in [-0.25, -0.2) is 0 Å². The number of amides is 1. The molecule has 2 rings (SSSR count). The maximum absolute atomic E-state index is 12.0. The normalized spacial score (nSPS) is 10.9. The summed E-state index contributed by atoms with van der Waals surface area (Å²) in [6.45, 7) is 3.89. The van der Waals surface area contributed by atoms with E-state index in [2.05, 4.69) is 5.32 Å². The minimum absolute atomic E-state index is 0.206. The molecule has 1 amide bonds. The highest BCUT2D eigenvalue weighted by atomic mass is 35.5. The van der Waals surface area contributed by atoms with Crippen LogP contribution in [0.3, 0.4) is 0 Å². The molecule has 0 unspecified atom stereocenters. The Balaban J connectivity index is 2.15.